The van der Waals surface area contributed by atoms with E-state index in [9.17, 15) is 9.59 Å². The van der Waals surface area contributed by atoms with Gasteiger partial charge in [0.2, 0.25) is 5.91 Å². The molecule has 0 bridgehead atoms. The van der Waals surface area contributed by atoms with E-state index in [0.29, 0.717) is 0 Å². The third-order valence-corrected chi connectivity index (χ3v) is 3.46. The average Bonchev–Trinajstić information content (AvgIpc) is 3.23. The Hall–Kier alpha value is -1.88. The maximum Gasteiger partial charge on any atom is 0.320 e. The Kier molecular flexibility index (Phi) is 4.74. The number of aryl methyl sites for hydroxylation is 1. The number of aliphatic carboxylic acids is 1. The van der Waals surface area contributed by atoms with Crippen molar-refractivity contribution in [3.05, 3.63) is 29.8 Å². The Labute approximate surface area is 118 Å². The summed E-state index contributed by atoms with van der Waals surface area (Å²) >= 11 is 0. The van der Waals surface area contributed by atoms with Crippen molar-refractivity contribution >= 4 is 17.6 Å². The molecule has 1 aromatic rings. The molecule has 0 aliphatic heterocycles. The molecule has 5 heteroatoms. The van der Waals surface area contributed by atoms with Gasteiger partial charge >= 0.3 is 5.97 Å². The van der Waals surface area contributed by atoms with Crippen LogP contribution in [0.1, 0.15) is 25.3 Å². The molecule has 1 aromatic carbocycles. The summed E-state index contributed by atoms with van der Waals surface area (Å²) in [4.78, 5) is 22.9. The second-order valence-corrected chi connectivity index (χ2v) is 5.14. The average molecular weight is 276 g/mol. The number of carboxylic acid groups (broad SMARTS) is 1. The molecule has 5 nitrogen and oxygen atoms in total. The van der Waals surface area contributed by atoms with E-state index in [4.69, 9.17) is 5.11 Å². The van der Waals surface area contributed by atoms with E-state index in [1.54, 1.807) is 0 Å². The third kappa shape index (κ3) is 4.06. The second kappa shape index (κ2) is 6.52. The van der Waals surface area contributed by atoms with Gasteiger partial charge in [0.05, 0.1) is 6.54 Å². The minimum atomic E-state index is -0.881. The van der Waals surface area contributed by atoms with E-state index >= 15 is 0 Å². The topological polar surface area (TPSA) is 78.4 Å². The number of hydrogen-bond acceptors (Lipinski definition) is 3. The summed E-state index contributed by atoms with van der Waals surface area (Å²) < 4.78 is 0. The second-order valence-electron chi connectivity index (χ2n) is 5.14. The van der Waals surface area contributed by atoms with Gasteiger partial charge in [-0.2, -0.15) is 0 Å². The highest BCUT2D eigenvalue weighted by Crippen LogP contribution is 2.32. The fourth-order valence-corrected chi connectivity index (χ4v) is 2.16. The Morgan fingerprint density at radius 1 is 1.40 bits per heavy atom. The molecule has 0 heterocycles. The highest BCUT2D eigenvalue weighted by molar-refractivity contribution is 5.92. The molecule has 0 aromatic heterocycles. The lowest BCUT2D eigenvalue weighted by Crippen LogP contribution is -2.42. The molecule has 1 amide bonds. The maximum atomic E-state index is 11.8. The van der Waals surface area contributed by atoms with Crippen LogP contribution < -0.4 is 10.6 Å². The van der Waals surface area contributed by atoms with Gasteiger partial charge in [0, 0.05) is 5.69 Å². The first-order chi connectivity index (χ1) is 9.60. The van der Waals surface area contributed by atoms with Gasteiger partial charge in [-0.3, -0.25) is 14.9 Å². The van der Waals surface area contributed by atoms with Crippen LogP contribution in [0.25, 0.3) is 0 Å². The zero-order valence-electron chi connectivity index (χ0n) is 11.6. The molecule has 1 unspecified atom stereocenters. The molecular weight excluding hydrogens is 256 g/mol. The van der Waals surface area contributed by atoms with Crippen molar-refractivity contribution in [3.63, 3.8) is 0 Å². The van der Waals surface area contributed by atoms with Crippen molar-refractivity contribution < 1.29 is 14.7 Å². The van der Waals surface area contributed by atoms with Gasteiger partial charge in [-0.1, -0.05) is 19.1 Å². The van der Waals surface area contributed by atoms with E-state index in [0.717, 1.165) is 30.5 Å². The van der Waals surface area contributed by atoms with E-state index in [2.05, 4.69) is 17.6 Å². The molecule has 0 spiro atoms. The number of nitrogens with one attached hydrogen (secondary N) is 2. The van der Waals surface area contributed by atoms with Crippen LogP contribution in [0.4, 0.5) is 5.69 Å². The van der Waals surface area contributed by atoms with Crippen LogP contribution in [-0.2, 0) is 16.0 Å². The third-order valence-electron chi connectivity index (χ3n) is 3.46. The van der Waals surface area contributed by atoms with Crippen LogP contribution in [0.3, 0.4) is 0 Å². The van der Waals surface area contributed by atoms with Gasteiger partial charge in [-0.15, -0.1) is 0 Å². The molecule has 0 saturated heterocycles. The zero-order valence-corrected chi connectivity index (χ0v) is 11.6. The summed E-state index contributed by atoms with van der Waals surface area (Å²) in [7, 11) is 0. The van der Waals surface area contributed by atoms with E-state index in [-0.39, 0.29) is 18.4 Å². The van der Waals surface area contributed by atoms with Crippen molar-refractivity contribution in [1.82, 2.24) is 5.32 Å². The van der Waals surface area contributed by atoms with Gasteiger partial charge in [-0.05, 0) is 42.9 Å². The summed E-state index contributed by atoms with van der Waals surface area (Å²) in [5, 5.41) is 14.7. The molecule has 0 radical (unpaired) electrons. The Morgan fingerprint density at radius 2 is 2.15 bits per heavy atom. The van der Waals surface area contributed by atoms with Crippen molar-refractivity contribution in [2.45, 2.75) is 32.2 Å². The van der Waals surface area contributed by atoms with Gasteiger partial charge < -0.3 is 10.4 Å². The minimum Gasteiger partial charge on any atom is -0.480 e. The molecule has 1 atom stereocenters. The number of anilines is 1. The van der Waals surface area contributed by atoms with Crippen LogP contribution >= 0.6 is 0 Å². The quantitative estimate of drug-likeness (QED) is 0.707. The number of benzene rings is 1. The monoisotopic (exact) mass is 276 g/mol. The highest BCUT2D eigenvalue weighted by atomic mass is 16.4. The number of rotatable bonds is 7. The predicted octanol–water partition coefficient (Wildman–Crippen LogP) is 1.64. The largest absolute Gasteiger partial charge is 0.480 e. The Balaban J connectivity index is 1.83. The molecule has 1 aliphatic rings. The van der Waals surface area contributed by atoms with E-state index in [1.807, 2.05) is 24.3 Å². The molecule has 3 N–H and O–H groups in total. The summed E-state index contributed by atoms with van der Waals surface area (Å²) in [6, 6.07) is 7.04. The highest BCUT2D eigenvalue weighted by Gasteiger charge is 2.36. The number of amides is 1. The van der Waals surface area contributed by atoms with Crippen molar-refractivity contribution in [1.29, 1.82) is 0 Å². The van der Waals surface area contributed by atoms with Crippen molar-refractivity contribution in [3.8, 4) is 0 Å². The van der Waals surface area contributed by atoms with Gasteiger partial charge in [0.15, 0.2) is 0 Å². The van der Waals surface area contributed by atoms with E-state index in [1.165, 1.54) is 0 Å². The zero-order chi connectivity index (χ0) is 14.5. The van der Waals surface area contributed by atoms with Gasteiger partial charge in [-0.25, -0.2) is 0 Å². The van der Waals surface area contributed by atoms with Gasteiger partial charge in [0.1, 0.15) is 6.04 Å². The number of carbonyl (C=O) groups is 2. The summed E-state index contributed by atoms with van der Waals surface area (Å²) in [5.74, 6) is -0.929. The van der Waals surface area contributed by atoms with Gasteiger partial charge in [0.25, 0.3) is 0 Å². The number of hydrogen-bond donors (Lipinski definition) is 3. The Bertz CT molecular complexity index is 498. The Morgan fingerprint density at radius 3 is 2.75 bits per heavy atom. The first-order valence-electron chi connectivity index (χ1n) is 6.95. The molecule has 20 heavy (non-hydrogen) atoms. The first-order valence-corrected chi connectivity index (χ1v) is 6.95. The fraction of sp³-hybridized carbons (Fsp3) is 0.467. The van der Waals surface area contributed by atoms with Crippen LogP contribution in [0, 0.1) is 5.92 Å². The lowest BCUT2D eigenvalue weighted by atomic mass is 10.1. The first kappa shape index (κ1) is 14.5. The summed E-state index contributed by atoms with van der Waals surface area (Å²) in [6.45, 7) is 2.07. The number of carboxylic acids is 1. The molecule has 108 valence electrons. The predicted molar refractivity (Wildman–Crippen MR) is 76.6 cm³/mol. The smallest absolute Gasteiger partial charge is 0.320 e. The molecular formula is C15H20N2O3. The van der Waals surface area contributed by atoms with E-state index < -0.39 is 12.0 Å². The van der Waals surface area contributed by atoms with Crippen LogP contribution in [0.5, 0.6) is 0 Å². The molecule has 1 saturated carbocycles. The minimum absolute atomic E-state index is 0.0177. The van der Waals surface area contributed by atoms with Crippen molar-refractivity contribution in [2.75, 3.05) is 11.9 Å². The van der Waals surface area contributed by atoms with Crippen LogP contribution in [0.2, 0.25) is 0 Å². The number of carbonyl (C=O) groups excluding carboxylic acids is 1. The van der Waals surface area contributed by atoms with Crippen molar-refractivity contribution in [2.24, 2.45) is 5.92 Å². The fourth-order valence-electron chi connectivity index (χ4n) is 2.16. The lowest BCUT2D eigenvalue weighted by Gasteiger charge is -2.13. The molecule has 1 fully saturated rings. The van der Waals surface area contributed by atoms with Crippen LogP contribution in [0.15, 0.2) is 24.3 Å². The summed E-state index contributed by atoms with van der Waals surface area (Å²) in [5.41, 5.74) is 1.89. The molecule has 2 rings (SSSR count). The molecule has 1 aliphatic carbocycles. The normalized spacial score (nSPS) is 15.7. The lowest BCUT2D eigenvalue weighted by molar-refractivity contribution is -0.140. The van der Waals surface area contributed by atoms with Crippen LogP contribution in [-0.4, -0.2) is 29.6 Å². The maximum absolute atomic E-state index is 11.8. The summed E-state index contributed by atoms with van der Waals surface area (Å²) in [6.07, 6.45) is 2.75. The standard InChI is InChI=1S/C15H20N2O3/c1-2-10-4-3-5-12(8-10)17-13(18)9-16-14(15(19)20)11-6-7-11/h3-5,8,11,14,16H,2,6-7,9H2,1H3,(H,17,18)(H,19,20). The SMILES string of the molecule is CCc1cccc(NC(=O)CNC(C(=O)O)C2CC2)c1.